The van der Waals surface area contributed by atoms with Crippen LogP contribution in [-0.4, -0.2) is 70.4 Å². The molecular formula is C36H44ClN5O4. The van der Waals surface area contributed by atoms with Gasteiger partial charge in [0, 0.05) is 31.0 Å². The lowest BCUT2D eigenvalue weighted by Gasteiger charge is -2.32. The third-order valence-electron chi connectivity index (χ3n) is 9.50. The number of nitrogens with zero attached hydrogens (tertiary/aromatic N) is 4. The van der Waals surface area contributed by atoms with Crippen molar-refractivity contribution < 1.29 is 14.3 Å². The zero-order valence-corrected chi connectivity index (χ0v) is 27.5. The summed E-state index contributed by atoms with van der Waals surface area (Å²) in [5, 5.41) is 3.63. The Hall–Kier alpha value is -3.66. The molecule has 244 valence electrons. The summed E-state index contributed by atoms with van der Waals surface area (Å²) < 4.78 is 15.7. The number of benzene rings is 1. The van der Waals surface area contributed by atoms with Crippen LogP contribution in [0.1, 0.15) is 61.0 Å². The predicted octanol–water partition coefficient (Wildman–Crippen LogP) is 5.96. The van der Waals surface area contributed by atoms with Crippen molar-refractivity contribution in [3.05, 3.63) is 93.4 Å². The molecule has 9 nitrogen and oxygen atoms in total. The second-order valence-corrected chi connectivity index (χ2v) is 13.2. The maximum absolute atomic E-state index is 14.1. The van der Waals surface area contributed by atoms with Gasteiger partial charge in [-0.25, -0.2) is 4.79 Å². The Balaban J connectivity index is 1.15. The molecule has 6 rings (SSSR count). The Morgan fingerprint density at radius 1 is 1.11 bits per heavy atom. The van der Waals surface area contributed by atoms with Crippen molar-refractivity contribution in [3.63, 3.8) is 0 Å². The Labute approximate surface area is 275 Å². The normalized spacial score (nSPS) is 23.9. The van der Waals surface area contributed by atoms with Crippen LogP contribution in [0.2, 0.25) is 5.02 Å². The van der Waals surface area contributed by atoms with Gasteiger partial charge in [-0.2, -0.15) is 0 Å². The minimum Gasteiger partial charge on any atom is -0.492 e. The summed E-state index contributed by atoms with van der Waals surface area (Å²) >= 11 is 6.09. The molecule has 0 radical (unpaired) electrons. The van der Waals surface area contributed by atoms with Crippen LogP contribution in [0.25, 0.3) is 16.7 Å². The lowest BCUT2D eigenvalue weighted by Crippen LogP contribution is -2.45. The van der Waals surface area contributed by atoms with Crippen molar-refractivity contribution in [1.29, 1.82) is 0 Å². The number of nitrogens with one attached hydrogen (secondary N) is 1. The van der Waals surface area contributed by atoms with Gasteiger partial charge in [0.15, 0.2) is 0 Å². The van der Waals surface area contributed by atoms with Crippen LogP contribution in [0, 0.1) is 12.8 Å². The molecule has 1 atom stereocenters. The van der Waals surface area contributed by atoms with E-state index in [-0.39, 0.29) is 23.7 Å². The number of aromatic nitrogens is 3. The number of halogens is 1. The summed E-state index contributed by atoms with van der Waals surface area (Å²) in [6.45, 7) is 5.36. The minimum atomic E-state index is -0.134. The van der Waals surface area contributed by atoms with Gasteiger partial charge in [-0.15, -0.1) is 0 Å². The molecule has 1 N–H and O–H groups in total. The number of likely N-dealkylation sites (N-methyl/N-ethyl adjacent to an activating group) is 1. The first kappa shape index (κ1) is 32.3. The fraction of sp³-hybridized carbons (Fsp3) is 0.472. The molecule has 1 aliphatic heterocycles. The maximum atomic E-state index is 14.1. The predicted molar refractivity (Wildman–Crippen MR) is 182 cm³/mol. The van der Waals surface area contributed by atoms with Crippen molar-refractivity contribution in [2.45, 2.75) is 70.5 Å². The number of carbonyl (C=O) groups excluding carboxylic acids is 1. The van der Waals surface area contributed by atoms with E-state index in [2.05, 4.69) is 34.4 Å². The number of imidazole rings is 1. The highest BCUT2D eigenvalue weighted by atomic mass is 35.5. The van der Waals surface area contributed by atoms with Crippen LogP contribution in [-0.2, 0) is 16.0 Å². The number of pyridine rings is 1. The summed E-state index contributed by atoms with van der Waals surface area (Å²) in [5.41, 5.74) is 3.87. The molecule has 46 heavy (non-hydrogen) atoms. The van der Waals surface area contributed by atoms with Crippen molar-refractivity contribution in [1.82, 2.24) is 24.3 Å². The molecule has 1 amide bonds. The smallest absolute Gasteiger partial charge is 0.333 e. The molecule has 1 aromatic carbocycles. The standard InChI is InChI=1S/C36H44ClN5O4/c1-25-32(20-27(37)21-38-25)35(43)39-28-14-12-26(13-15-28)22-41-33-10-6-7-11-34(33)42(36(41)44)29-8-4-3-5-9-31(17-16-29)46-24-30-23-45-19-18-40(30)2/h6-11,16-17,20-21,26,28,30H,3-5,12-15,18-19,22-24H2,1-2H3,(H,39,43)/b17-16?,29-8?,31-9-/t26?,28?,30-/m1/s1. The van der Waals surface area contributed by atoms with Gasteiger partial charge in [-0.1, -0.05) is 29.8 Å². The summed E-state index contributed by atoms with van der Waals surface area (Å²) in [6, 6.07) is 10.0. The first-order valence-electron chi connectivity index (χ1n) is 16.5. The van der Waals surface area contributed by atoms with E-state index in [0.717, 1.165) is 80.6 Å². The number of amides is 1. The lowest BCUT2D eigenvalue weighted by molar-refractivity contribution is -0.0198. The van der Waals surface area contributed by atoms with Crippen LogP contribution in [0.4, 0.5) is 0 Å². The number of aryl methyl sites for hydroxylation is 1. The monoisotopic (exact) mass is 645 g/mol. The molecule has 1 saturated heterocycles. The molecule has 3 aliphatic rings. The first-order chi connectivity index (χ1) is 22.4. The van der Waals surface area contributed by atoms with Crippen LogP contribution < -0.4 is 11.0 Å². The van der Waals surface area contributed by atoms with E-state index in [9.17, 15) is 9.59 Å². The SMILES string of the molecule is Cc1ncc(Cl)cc1C(=O)NC1CCC(Cn2c(=O)n(C3=CCCC/C=C(\OC[C@H]4COCCN4C)C=C3)c3ccccc32)CC1. The zero-order valence-electron chi connectivity index (χ0n) is 26.8. The summed E-state index contributed by atoms with van der Waals surface area (Å²) in [4.78, 5) is 33.6. The third-order valence-corrected chi connectivity index (χ3v) is 9.71. The molecule has 0 bridgehead atoms. The van der Waals surface area contributed by atoms with Crippen molar-refractivity contribution in [3.8, 4) is 0 Å². The van der Waals surface area contributed by atoms with E-state index in [4.69, 9.17) is 21.1 Å². The summed E-state index contributed by atoms with van der Waals surface area (Å²) in [6.07, 6.45) is 16.2. The second kappa shape index (κ2) is 14.8. The molecular weight excluding hydrogens is 602 g/mol. The van der Waals surface area contributed by atoms with Crippen molar-refractivity contribution in [2.24, 2.45) is 5.92 Å². The Morgan fingerprint density at radius 2 is 1.89 bits per heavy atom. The van der Waals surface area contributed by atoms with Crippen molar-refractivity contribution in [2.75, 3.05) is 33.4 Å². The molecule has 1 saturated carbocycles. The Bertz CT molecular complexity index is 1700. The van der Waals surface area contributed by atoms with E-state index >= 15 is 0 Å². The van der Waals surface area contributed by atoms with Gasteiger partial charge in [0.25, 0.3) is 5.91 Å². The summed E-state index contributed by atoms with van der Waals surface area (Å²) in [7, 11) is 2.11. The highest BCUT2D eigenvalue weighted by molar-refractivity contribution is 6.30. The van der Waals surface area contributed by atoms with Crippen LogP contribution in [0.3, 0.4) is 0 Å². The van der Waals surface area contributed by atoms with Crippen LogP contribution in [0.5, 0.6) is 0 Å². The molecule has 3 aromatic rings. The van der Waals surface area contributed by atoms with E-state index in [1.165, 1.54) is 0 Å². The first-order valence-corrected chi connectivity index (χ1v) is 16.9. The van der Waals surface area contributed by atoms with Gasteiger partial charge in [0.05, 0.1) is 46.6 Å². The van der Waals surface area contributed by atoms with E-state index < -0.39 is 0 Å². The van der Waals surface area contributed by atoms with Gasteiger partial charge in [-0.05, 0) is 101 Å². The number of morpholine rings is 1. The molecule has 0 unspecified atom stereocenters. The van der Waals surface area contributed by atoms with Gasteiger partial charge in [0.2, 0.25) is 0 Å². The molecule has 3 heterocycles. The number of ether oxygens (including phenoxy) is 2. The number of allylic oxidation sites excluding steroid dienone is 5. The van der Waals surface area contributed by atoms with E-state index in [0.29, 0.717) is 42.0 Å². The van der Waals surface area contributed by atoms with Crippen molar-refractivity contribution >= 4 is 34.2 Å². The van der Waals surface area contributed by atoms with Gasteiger partial charge < -0.3 is 14.8 Å². The quantitative estimate of drug-likeness (QED) is 0.325. The number of hydrogen-bond donors (Lipinski definition) is 1. The van der Waals surface area contributed by atoms with Crippen LogP contribution in [0.15, 0.2) is 71.4 Å². The largest absolute Gasteiger partial charge is 0.492 e. The number of hydrogen-bond acceptors (Lipinski definition) is 6. The average Bonchev–Trinajstić information content (AvgIpc) is 3.39. The fourth-order valence-electron chi connectivity index (χ4n) is 6.68. The topological polar surface area (TPSA) is 90.6 Å². The van der Waals surface area contributed by atoms with E-state index in [1.54, 1.807) is 12.3 Å². The van der Waals surface area contributed by atoms with Gasteiger partial charge in [0.1, 0.15) is 12.4 Å². The zero-order chi connectivity index (χ0) is 32.0. The summed E-state index contributed by atoms with van der Waals surface area (Å²) in [5.74, 6) is 1.04. The molecule has 2 fully saturated rings. The molecule has 2 aliphatic carbocycles. The van der Waals surface area contributed by atoms with Crippen LogP contribution >= 0.6 is 11.6 Å². The minimum absolute atomic E-state index is 0.0249. The third kappa shape index (κ3) is 7.48. The van der Waals surface area contributed by atoms with E-state index in [1.807, 2.05) is 52.5 Å². The number of rotatable bonds is 8. The molecule has 0 spiro atoms. The highest BCUT2D eigenvalue weighted by Gasteiger charge is 2.26. The lowest BCUT2D eigenvalue weighted by atomic mass is 9.85. The Morgan fingerprint density at radius 3 is 2.70 bits per heavy atom. The highest BCUT2D eigenvalue weighted by Crippen LogP contribution is 2.28. The number of fused-ring (bicyclic) bond motifs is 1. The van der Waals surface area contributed by atoms with Gasteiger partial charge in [-0.3, -0.25) is 23.8 Å². The molecule has 2 aromatic heterocycles. The maximum Gasteiger partial charge on any atom is 0.333 e. The second-order valence-electron chi connectivity index (χ2n) is 12.7. The average molecular weight is 646 g/mol. The van der Waals surface area contributed by atoms with Gasteiger partial charge >= 0.3 is 5.69 Å². The Kier molecular flexibility index (Phi) is 10.4. The fourth-order valence-corrected chi connectivity index (χ4v) is 6.83. The number of carbonyl (C=O) groups is 1. The molecule has 10 heteroatoms. The number of para-hydroxylation sites is 2.